The summed E-state index contributed by atoms with van der Waals surface area (Å²) in [6, 6.07) is 14.5. The molecule has 5 aromatic rings. The van der Waals surface area contributed by atoms with Crippen molar-refractivity contribution in [2.45, 2.75) is 62.4 Å². The van der Waals surface area contributed by atoms with Crippen LogP contribution in [0.4, 0.5) is 11.8 Å². The van der Waals surface area contributed by atoms with Gasteiger partial charge in [0.1, 0.15) is 5.82 Å². The number of amides is 1. The number of carbonyl (C=O) groups is 1. The Morgan fingerprint density at radius 2 is 1.70 bits per heavy atom. The molecule has 4 aromatic heterocycles. The molecular formula is C32H34N10O. The summed E-state index contributed by atoms with van der Waals surface area (Å²) >= 11 is 0. The molecule has 2 aliphatic heterocycles. The first-order valence-corrected chi connectivity index (χ1v) is 15.1. The Morgan fingerprint density at radius 1 is 0.930 bits per heavy atom. The Bertz CT molecular complexity index is 1810. The van der Waals surface area contributed by atoms with E-state index in [0.717, 1.165) is 77.8 Å². The van der Waals surface area contributed by atoms with Crippen LogP contribution in [0.2, 0.25) is 0 Å². The van der Waals surface area contributed by atoms with Crippen molar-refractivity contribution in [2.75, 3.05) is 24.7 Å². The molecule has 3 aliphatic rings. The van der Waals surface area contributed by atoms with Gasteiger partial charge in [-0.25, -0.2) is 4.98 Å². The maximum Gasteiger partial charge on any atom is 0.291 e. The Balaban J connectivity index is 1.13. The standard InChI is InChI=1S/C32H34N10O/c1-40(2)32-37-29(38-39-32)31(43)41-22-11-12-23(41)15-21(14-22)27-26(19-8-9-19)28(33)42-30(36-27)24(17-35-42)20-10-13-25(34-16-20)18-6-4-3-5-7-18/h3-7,10,13,16-17,19,21-23H,8-9,11-12,14-15,33H2,1-2H3,(H,37,38,39). The van der Waals surface area contributed by atoms with Gasteiger partial charge in [-0.3, -0.25) is 14.9 Å². The van der Waals surface area contributed by atoms with Gasteiger partial charge in [-0.15, -0.1) is 5.10 Å². The Kier molecular flexibility index (Phi) is 5.95. The summed E-state index contributed by atoms with van der Waals surface area (Å²) in [5.41, 5.74) is 13.7. The first kappa shape index (κ1) is 25.9. The van der Waals surface area contributed by atoms with Gasteiger partial charge >= 0.3 is 0 Å². The minimum absolute atomic E-state index is 0.0681. The third-order valence-electron chi connectivity index (χ3n) is 9.31. The number of rotatable bonds is 6. The number of aromatic nitrogens is 7. The second kappa shape index (κ2) is 9.89. The number of piperidine rings is 1. The molecule has 1 amide bonds. The Morgan fingerprint density at radius 3 is 2.35 bits per heavy atom. The molecule has 1 aromatic carbocycles. The van der Waals surface area contributed by atoms with Crippen molar-refractivity contribution in [3.63, 3.8) is 0 Å². The van der Waals surface area contributed by atoms with Gasteiger partial charge < -0.3 is 15.5 Å². The minimum atomic E-state index is -0.0681. The van der Waals surface area contributed by atoms with Gasteiger partial charge in [0.15, 0.2) is 5.65 Å². The van der Waals surface area contributed by atoms with Gasteiger partial charge in [-0.1, -0.05) is 36.4 Å². The zero-order valence-electron chi connectivity index (χ0n) is 24.3. The summed E-state index contributed by atoms with van der Waals surface area (Å²) in [7, 11) is 3.73. The first-order valence-electron chi connectivity index (χ1n) is 15.1. The van der Waals surface area contributed by atoms with Crippen LogP contribution < -0.4 is 10.6 Å². The van der Waals surface area contributed by atoms with E-state index >= 15 is 0 Å². The van der Waals surface area contributed by atoms with Crippen LogP contribution in [0.5, 0.6) is 0 Å². The predicted octanol–water partition coefficient (Wildman–Crippen LogP) is 4.65. The summed E-state index contributed by atoms with van der Waals surface area (Å²) < 4.78 is 1.80. The van der Waals surface area contributed by atoms with E-state index < -0.39 is 0 Å². The van der Waals surface area contributed by atoms with E-state index in [0.29, 0.717) is 23.5 Å². The lowest BCUT2D eigenvalue weighted by atomic mass is 9.85. The number of hydrogen-bond acceptors (Lipinski definition) is 8. The summed E-state index contributed by atoms with van der Waals surface area (Å²) in [4.78, 5) is 31.9. The quantitative estimate of drug-likeness (QED) is 0.299. The third kappa shape index (κ3) is 4.33. The number of nitrogens with one attached hydrogen (secondary N) is 1. The molecule has 2 atom stereocenters. The number of hydrogen-bond donors (Lipinski definition) is 2. The fourth-order valence-electron chi connectivity index (χ4n) is 7.09. The second-order valence-electron chi connectivity index (χ2n) is 12.3. The Labute approximate surface area is 249 Å². The van der Waals surface area contributed by atoms with E-state index in [-0.39, 0.29) is 23.9 Å². The summed E-state index contributed by atoms with van der Waals surface area (Å²) in [5.74, 6) is 2.07. The van der Waals surface area contributed by atoms with Gasteiger partial charge in [0.25, 0.3) is 5.91 Å². The topological polar surface area (TPSA) is 134 Å². The number of fused-ring (bicyclic) bond motifs is 3. The van der Waals surface area contributed by atoms with Crippen LogP contribution >= 0.6 is 0 Å². The molecule has 0 spiro atoms. The highest BCUT2D eigenvalue weighted by atomic mass is 16.2. The van der Waals surface area contributed by atoms with Gasteiger partial charge in [0.2, 0.25) is 11.8 Å². The molecule has 6 heterocycles. The van der Waals surface area contributed by atoms with Crippen LogP contribution in [0, 0.1) is 0 Å². The predicted molar refractivity (Wildman–Crippen MR) is 164 cm³/mol. The maximum absolute atomic E-state index is 13.6. The lowest BCUT2D eigenvalue weighted by Gasteiger charge is -2.39. The Hall–Kier alpha value is -4.80. The molecule has 1 aliphatic carbocycles. The van der Waals surface area contributed by atoms with E-state index in [2.05, 4.69) is 38.5 Å². The minimum Gasteiger partial charge on any atom is -0.383 e. The number of anilines is 2. The SMILES string of the molecule is CN(C)c1n[nH]c(C(=O)N2C3CCC2CC(c2nc4c(-c5ccc(-c6ccccc6)nc5)cnn4c(N)c2C2CC2)C3)n1. The highest BCUT2D eigenvalue weighted by Gasteiger charge is 2.46. The lowest BCUT2D eigenvalue weighted by Crippen LogP contribution is -2.46. The maximum atomic E-state index is 13.6. The van der Waals surface area contributed by atoms with Crippen molar-refractivity contribution in [3.05, 3.63) is 71.9 Å². The molecule has 11 heteroatoms. The highest BCUT2D eigenvalue weighted by Crippen LogP contribution is 2.50. The summed E-state index contributed by atoms with van der Waals surface area (Å²) in [6.45, 7) is 0. The highest BCUT2D eigenvalue weighted by molar-refractivity contribution is 5.91. The number of nitrogens with two attached hydrogens (primary N) is 1. The molecule has 2 saturated heterocycles. The number of nitrogens with zero attached hydrogens (tertiary/aromatic N) is 8. The molecule has 8 rings (SSSR count). The number of carbonyl (C=O) groups excluding carboxylic acids is 1. The summed E-state index contributed by atoms with van der Waals surface area (Å²) in [6.07, 6.45) is 9.65. The van der Waals surface area contributed by atoms with Crippen molar-refractivity contribution in [3.8, 4) is 22.4 Å². The van der Waals surface area contributed by atoms with E-state index in [1.54, 1.807) is 9.42 Å². The van der Waals surface area contributed by atoms with Crippen LogP contribution in [0.25, 0.3) is 28.0 Å². The average Bonchev–Trinajstić information content (AvgIpc) is 3.45. The number of H-pyrrole nitrogens is 1. The van der Waals surface area contributed by atoms with Gasteiger partial charge in [-0.05, 0) is 50.5 Å². The number of aromatic amines is 1. The van der Waals surface area contributed by atoms with Crippen molar-refractivity contribution in [1.29, 1.82) is 0 Å². The largest absolute Gasteiger partial charge is 0.383 e. The second-order valence-corrected chi connectivity index (χ2v) is 12.3. The molecule has 218 valence electrons. The molecule has 43 heavy (non-hydrogen) atoms. The third-order valence-corrected chi connectivity index (χ3v) is 9.31. The van der Waals surface area contributed by atoms with Crippen LogP contribution in [0.1, 0.15) is 72.2 Å². The molecule has 0 radical (unpaired) electrons. The van der Waals surface area contributed by atoms with E-state index in [9.17, 15) is 4.79 Å². The average molecular weight is 575 g/mol. The van der Waals surface area contributed by atoms with Crippen molar-refractivity contribution in [1.82, 2.24) is 39.7 Å². The smallest absolute Gasteiger partial charge is 0.291 e. The van der Waals surface area contributed by atoms with E-state index in [1.807, 2.05) is 55.7 Å². The normalized spacial score (nSPS) is 21.4. The molecular weight excluding hydrogens is 540 g/mol. The van der Waals surface area contributed by atoms with Crippen molar-refractivity contribution < 1.29 is 4.79 Å². The molecule has 11 nitrogen and oxygen atoms in total. The molecule has 2 bridgehead atoms. The van der Waals surface area contributed by atoms with E-state index in [1.165, 1.54) is 0 Å². The number of pyridine rings is 1. The van der Waals surface area contributed by atoms with E-state index in [4.69, 9.17) is 15.7 Å². The van der Waals surface area contributed by atoms with Gasteiger partial charge in [-0.2, -0.15) is 14.6 Å². The fourth-order valence-corrected chi connectivity index (χ4v) is 7.09. The number of nitrogen functional groups attached to an aromatic ring is 1. The molecule has 3 N–H and O–H groups in total. The van der Waals surface area contributed by atoms with Crippen LogP contribution in [0.3, 0.4) is 0 Å². The fraction of sp³-hybridized carbons (Fsp3) is 0.375. The van der Waals surface area contributed by atoms with Crippen LogP contribution in [-0.4, -0.2) is 71.7 Å². The van der Waals surface area contributed by atoms with Gasteiger partial charge in [0.05, 0.1) is 17.6 Å². The van der Waals surface area contributed by atoms with Crippen LogP contribution in [0.15, 0.2) is 54.9 Å². The van der Waals surface area contributed by atoms with Crippen molar-refractivity contribution >= 4 is 23.3 Å². The zero-order chi connectivity index (χ0) is 29.2. The number of benzene rings is 1. The van der Waals surface area contributed by atoms with Crippen LogP contribution in [-0.2, 0) is 0 Å². The van der Waals surface area contributed by atoms with Crippen molar-refractivity contribution in [2.24, 2.45) is 0 Å². The first-order chi connectivity index (χ1) is 21.0. The lowest BCUT2D eigenvalue weighted by molar-refractivity contribution is 0.0557. The molecule has 3 fully saturated rings. The van der Waals surface area contributed by atoms with Gasteiger partial charge in [0, 0.05) is 60.5 Å². The molecule has 1 saturated carbocycles. The summed E-state index contributed by atoms with van der Waals surface area (Å²) in [5, 5.41) is 11.7. The molecule has 2 unspecified atom stereocenters. The zero-order valence-corrected chi connectivity index (χ0v) is 24.3. The monoisotopic (exact) mass is 574 g/mol.